The number of hydrogen-bond donors (Lipinski definition) is 1. The molecule has 2 aliphatic heterocycles. The van der Waals surface area contributed by atoms with Gasteiger partial charge in [-0.25, -0.2) is 0 Å². The number of nitrogens with one attached hydrogen (secondary N) is 1. The van der Waals surface area contributed by atoms with Crippen molar-refractivity contribution in [2.75, 3.05) is 13.2 Å². The molecule has 0 aromatic heterocycles. The Kier molecular flexibility index (Phi) is 6.73. The van der Waals surface area contributed by atoms with E-state index in [2.05, 4.69) is 11.1 Å². The summed E-state index contributed by atoms with van der Waals surface area (Å²) in [6.07, 6.45) is 1.69. The normalized spacial score (nSPS) is 16.1. The minimum absolute atomic E-state index is 0.110. The van der Waals surface area contributed by atoms with Crippen LogP contribution in [0.25, 0.3) is 11.8 Å². The number of aliphatic imine (C=N–C) groups is 1. The zero-order valence-corrected chi connectivity index (χ0v) is 20.8. The maximum absolute atomic E-state index is 12.8. The van der Waals surface area contributed by atoms with Gasteiger partial charge in [-0.3, -0.25) is 15.1 Å². The summed E-state index contributed by atoms with van der Waals surface area (Å²) in [4.78, 5) is 18.7. The van der Waals surface area contributed by atoms with Crippen molar-refractivity contribution in [1.29, 1.82) is 5.41 Å². The van der Waals surface area contributed by atoms with Gasteiger partial charge in [0.15, 0.2) is 5.17 Å². The van der Waals surface area contributed by atoms with E-state index >= 15 is 0 Å². The van der Waals surface area contributed by atoms with Gasteiger partial charge in [-0.1, -0.05) is 66.4 Å². The minimum atomic E-state index is -0.422. The number of thioether (sulfide) groups is 1. The molecule has 0 bridgehead atoms. The Morgan fingerprint density at radius 1 is 0.972 bits per heavy atom. The first-order chi connectivity index (χ1) is 17.5. The summed E-state index contributed by atoms with van der Waals surface area (Å²) in [5, 5.41) is 11.2. The lowest BCUT2D eigenvalue weighted by Gasteiger charge is -2.26. The van der Waals surface area contributed by atoms with Crippen LogP contribution in [0.15, 0.2) is 88.8 Å². The molecule has 3 aromatic carbocycles. The highest BCUT2D eigenvalue weighted by molar-refractivity contribution is 8.17. The summed E-state index contributed by atoms with van der Waals surface area (Å²) in [6.45, 7) is 4.85. The van der Waals surface area contributed by atoms with Crippen molar-refractivity contribution in [3.05, 3.63) is 106 Å². The van der Waals surface area contributed by atoms with Gasteiger partial charge in [0.2, 0.25) is 0 Å². The van der Waals surface area contributed by atoms with Gasteiger partial charge in [-0.15, -0.1) is 0 Å². The van der Waals surface area contributed by atoms with Crippen LogP contribution in [-0.4, -0.2) is 35.0 Å². The molecule has 3 aromatic rings. The Bertz CT molecular complexity index is 1430. The maximum atomic E-state index is 12.8. The minimum Gasteiger partial charge on any atom is -0.490 e. The zero-order valence-electron chi connectivity index (χ0n) is 20.0. The van der Waals surface area contributed by atoms with E-state index in [4.69, 9.17) is 14.9 Å². The van der Waals surface area contributed by atoms with E-state index in [1.54, 1.807) is 11.0 Å². The van der Waals surface area contributed by atoms with Crippen molar-refractivity contribution < 1.29 is 14.3 Å². The van der Waals surface area contributed by atoms with Crippen molar-refractivity contribution in [2.45, 2.75) is 13.8 Å². The number of amidine groups is 2. The van der Waals surface area contributed by atoms with Gasteiger partial charge in [0.05, 0.1) is 11.3 Å². The van der Waals surface area contributed by atoms with E-state index in [1.165, 1.54) is 11.8 Å². The van der Waals surface area contributed by atoms with Crippen molar-refractivity contribution in [3.8, 4) is 11.5 Å². The molecule has 5 rings (SSSR count). The molecule has 2 aliphatic rings. The molecule has 0 spiro atoms. The van der Waals surface area contributed by atoms with Crippen LogP contribution in [0, 0.1) is 19.3 Å². The van der Waals surface area contributed by atoms with Crippen LogP contribution in [0.2, 0.25) is 0 Å². The second-order valence-corrected chi connectivity index (χ2v) is 9.30. The van der Waals surface area contributed by atoms with E-state index in [-0.39, 0.29) is 11.4 Å². The third-order valence-electron chi connectivity index (χ3n) is 5.81. The molecule has 2 heterocycles. The molecule has 6 nitrogen and oxygen atoms in total. The van der Waals surface area contributed by atoms with Gasteiger partial charge in [0.25, 0.3) is 5.91 Å². The first-order valence-electron chi connectivity index (χ1n) is 11.6. The number of amides is 1. The Balaban J connectivity index is 1.28. The number of rotatable bonds is 7. The number of carbonyl (C=O) groups excluding carboxylic acids is 1. The number of aryl methyl sites for hydroxylation is 2. The van der Waals surface area contributed by atoms with Crippen molar-refractivity contribution in [1.82, 2.24) is 4.90 Å². The predicted octanol–water partition coefficient (Wildman–Crippen LogP) is 6.07. The third kappa shape index (κ3) is 4.97. The second kappa shape index (κ2) is 10.3. The lowest BCUT2D eigenvalue weighted by atomic mass is 10.1. The summed E-state index contributed by atoms with van der Waals surface area (Å²) in [5.41, 5.74) is 5.03. The van der Waals surface area contributed by atoms with E-state index < -0.39 is 5.91 Å². The van der Waals surface area contributed by atoms with E-state index in [9.17, 15) is 4.79 Å². The largest absolute Gasteiger partial charge is 0.490 e. The average molecular weight is 496 g/mol. The number of ether oxygens (including phenoxy) is 2. The van der Waals surface area contributed by atoms with Crippen LogP contribution in [0.1, 0.15) is 22.3 Å². The lowest BCUT2D eigenvalue weighted by molar-refractivity contribution is -0.114. The van der Waals surface area contributed by atoms with E-state index in [1.807, 2.05) is 86.0 Å². The summed E-state index contributed by atoms with van der Waals surface area (Å²) >= 11 is 1.35. The van der Waals surface area contributed by atoms with Gasteiger partial charge in [0.1, 0.15) is 30.5 Å². The quantitative estimate of drug-likeness (QED) is 0.318. The van der Waals surface area contributed by atoms with Crippen LogP contribution >= 0.6 is 11.8 Å². The maximum Gasteiger partial charge on any atom is 0.283 e. The third-order valence-corrected chi connectivity index (χ3v) is 6.63. The molecule has 0 unspecified atom stereocenters. The molecule has 0 radical (unpaired) electrons. The highest BCUT2D eigenvalue weighted by Crippen LogP contribution is 2.37. The SMILES string of the molecule is Cc1ccc(C)c(OCCOc2cccc(/C=C3/C(=N)N4C(c5ccccc5)=CSC4=NC3=O)c2)c1. The molecular formula is C29H25N3O3S. The topological polar surface area (TPSA) is 75.0 Å². The van der Waals surface area contributed by atoms with Crippen molar-refractivity contribution >= 4 is 40.4 Å². The Morgan fingerprint density at radius 2 is 1.78 bits per heavy atom. The van der Waals surface area contributed by atoms with Crippen LogP contribution in [0.5, 0.6) is 11.5 Å². The number of hydrogen-bond acceptors (Lipinski definition) is 5. The van der Waals surface area contributed by atoms with Gasteiger partial charge >= 0.3 is 0 Å². The van der Waals surface area contributed by atoms with Crippen LogP contribution in [0.4, 0.5) is 0 Å². The molecule has 0 aliphatic carbocycles. The van der Waals surface area contributed by atoms with Gasteiger partial charge in [-0.05, 0) is 60.4 Å². The first kappa shape index (κ1) is 23.6. The Hall–Kier alpha value is -4.10. The number of benzene rings is 3. The van der Waals surface area contributed by atoms with Gasteiger partial charge in [0, 0.05) is 5.41 Å². The van der Waals surface area contributed by atoms with Crippen molar-refractivity contribution in [3.63, 3.8) is 0 Å². The fourth-order valence-corrected chi connectivity index (χ4v) is 4.84. The van der Waals surface area contributed by atoms with E-state index in [0.29, 0.717) is 24.1 Å². The van der Waals surface area contributed by atoms with Gasteiger partial charge in [-0.2, -0.15) is 4.99 Å². The van der Waals surface area contributed by atoms with Crippen molar-refractivity contribution in [2.24, 2.45) is 4.99 Å². The highest BCUT2D eigenvalue weighted by Gasteiger charge is 2.36. The van der Waals surface area contributed by atoms with Crippen LogP contribution < -0.4 is 9.47 Å². The van der Waals surface area contributed by atoms with Crippen LogP contribution in [-0.2, 0) is 4.79 Å². The Morgan fingerprint density at radius 3 is 2.61 bits per heavy atom. The summed E-state index contributed by atoms with van der Waals surface area (Å²) < 4.78 is 11.8. The molecule has 1 N–H and O–H groups in total. The molecule has 180 valence electrons. The first-order valence-corrected chi connectivity index (χ1v) is 12.5. The smallest absolute Gasteiger partial charge is 0.283 e. The number of fused-ring (bicyclic) bond motifs is 1. The Labute approximate surface area is 214 Å². The fourth-order valence-electron chi connectivity index (χ4n) is 3.95. The second-order valence-electron chi connectivity index (χ2n) is 8.47. The summed E-state index contributed by atoms with van der Waals surface area (Å²) in [7, 11) is 0. The number of nitrogens with zero attached hydrogens (tertiary/aromatic N) is 2. The molecule has 1 amide bonds. The highest BCUT2D eigenvalue weighted by atomic mass is 32.2. The van der Waals surface area contributed by atoms with Crippen LogP contribution in [0.3, 0.4) is 0 Å². The summed E-state index contributed by atoms with van der Waals surface area (Å²) in [6, 6.07) is 23.4. The lowest BCUT2D eigenvalue weighted by Crippen LogP contribution is -2.38. The monoisotopic (exact) mass is 495 g/mol. The molecule has 36 heavy (non-hydrogen) atoms. The predicted molar refractivity (Wildman–Crippen MR) is 145 cm³/mol. The summed E-state index contributed by atoms with van der Waals surface area (Å²) in [5.74, 6) is 1.21. The molecule has 0 saturated carbocycles. The fraction of sp³-hybridized carbons (Fsp3) is 0.138. The molecule has 0 atom stereocenters. The van der Waals surface area contributed by atoms with Gasteiger partial charge < -0.3 is 9.47 Å². The molecular weight excluding hydrogens is 470 g/mol. The average Bonchev–Trinajstić information content (AvgIpc) is 3.31. The standard InChI is InChI=1S/C29H25N3O3S/c1-19-11-12-20(2)26(15-19)35-14-13-34-23-10-6-7-21(16-23)17-24-27(30)32-25(22-8-4-3-5-9-22)18-36-29(32)31-28(24)33/h3-12,15-18,30H,13-14H2,1-2H3/b24-17-,30-27?. The molecule has 0 fully saturated rings. The number of carbonyl (C=O) groups is 1. The molecule has 7 heteroatoms. The zero-order chi connectivity index (χ0) is 25.1. The van der Waals surface area contributed by atoms with E-state index in [0.717, 1.165) is 33.7 Å². The molecule has 0 saturated heterocycles.